The highest BCUT2D eigenvalue weighted by Crippen LogP contribution is 2.26. The third kappa shape index (κ3) is 3.06. The molecule has 4 rings (SSSR count). The Morgan fingerprint density at radius 1 is 0.519 bits per heavy atom. The zero-order valence-corrected chi connectivity index (χ0v) is 15.0. The highest BCUT2D eigenvalue weighted by atomic mass is 16.1. The van der Waals surface area contributed by atoms with E-state index in [0.29, 0.717) is 22.3 Å². The van der Waals surface area contributed by atoms with E-state index in [2.05, 4.69) is 0 Å². The maximum absolute atomic E-state index is 13.4. The number of carbonyl (C=O) groups excluding carboxylic acids is 2. The predicted molar refractivity (Wildman–Crippen MR) is 108 cm³/mol. The zero-order chi connectivity index (χ0) is 18.8. The van der Waals surface area contributed by atoms with Crippen molar-refractivity contribution in [2.24, 2.45) is 0 Å². The molecule has 0 spiro atoms. The van der Waals surface area contributed by atoms with Gasteiger partial charge in [0.2, 0.25) is 0 Å². The molecular weight excluding hydrogens is 332 g/mol. The molecule has 0 aliphatic heterocycles. The molecule has 2 nitrogen and oxygen atoms in total. The lowest BCUT2D eigenvalue weighted by Crippen LogP contribution is -2.11. The van der Waals surface area contributed by atoms with Crippen LogP contribution in [-0.2, 0) is 0 Å². The Balaban J connectivity index is 1.85. The van der Waals surface area contributed by atoms with Crippen LogP contribution in [0.15, 0.2) is 91.0 Å². The number of rotatable bonds is 4. The Bertz CT molecular complexity index is 1160. The van der Waals surface area contributed by atoms with Crippen molar-refractivity contribution >= 4 is 22.3 Å². The van der Waals surface area contributed by atoms with Gasteiger partial charge in [-0.15, -0.1) is 0 Å². The minimum absolute atomic E-state index is 0.133. The van der Waals surface area contributed by atoms with Crippen molar-refractivity contribution in [1.82, 2.24) is 0 Å². The fourth-order valence-corrected chi connectivity index (χ4v) is 3.42. The van der Waals surface area contributed by atoms with E-state index in [-0.39, 0.29) is 11.6 Å². The lowest BCUT2D eigenvalue weighted by atomic mass is 9.90. The predicted octanol–water partition coefficient (Wildman–Crippen LogP) is 5.61. The largest absolute Gasteiger partial charge is 0.289 e. The van der Waals surface area contributed by atoms with Gasteiger partial charge in [0.25, 0.3) is 0 Å². The van der Waals surface area contributed by atoms with Gasteiger partial charge in [-0.2, -0.15) is 0 Å². The van der Waals surface area contributed by atoms with Crippen LogP contribution < -0.4 is 0 Å². The standard InChI is InChI=1S/C25H18O2/c1-17-15-16-23(20-12-6-5-11-19(17)20)25(27)22-14-8-7-13-21(22)24(26)18-9-3-2-4-10-18/h2-16H,1H3. The molecule has 0 atom stereocenters. The van der Waals surface area contributed by atoms with E-state index in [9.17, 15) is 9.59 Å². The van der Waals surface area contributed by atoms with Crippen LogP contribution in [-0.4, -0.2) is 11.6 Å². The van der Waals surface area contributed by atoms with E-state index < -0.39 is 0 Å². The van der Waals surface area contributed by atoms with E-state index in [1.54, 1.807) is 36.4 Å². The molecule has 2 heteroatoms. The lowest BCUT2D eigenvalue weighted by molar-refractivity contribution is 0.100. The van der Waals surface area contributed by atoms with Crippen LogP contribution in [0.1, 0.15) is 37.4 Å². The SMILES string of the molecule is Cc1ccc(C(=O)c2ccccc2C(=O)c2ccccc2)c2ccccc12. The Hall–Kier alpha value is -3.52. The van der Waals surface area contributed by atoms with Crippen molar-refractivity contribution in [2.75, 3.05) is 0 Å². The molecule has 0 aliphatic rings. The van der Waals surface area contributed by atoms with Crippen LogP contribution in [0.4, 0.5) is 0 Å². The zero-order valence-electron chi connectivity index (χ0n) is 15.0. The number of benzene rings is 4. The van der Waals surface area contributed by atoms with Crippen LogP contribution in [0.25, 0.3) is 10.8 Å². The molecule has 0 bridgehead atoms. The monoisotopic (exact) mass is 350 g/mol. The summed E-state index contributed by atoms with van der Waals surface area (Å²) in [6, 6.07) is 27.8. The quantitative estimate of drug-likeness (QED) is 0.448. The molecule has 0 saturated carbocycles. The van der Waals surface area contributed by atoms with Crippen molar-refractivity contribution < 1.29 is 9.59 Å². The summed E-state index contributed by atoms with van der Waals surface area (Å²) in [5.41, 5.74) is 3.17. The van der Waals surface area contributed by atoms with Crippen molar-refractivity contribution in [2.45, 2.75) is 6.92 Å². The summed E-state index contributed by atoms with van der Waals surface area (Å²) in [7, 11) is 0. The second kappa shape index (κ2) is 7.00. The molecule has 0 radical (unpaired) electrons. The van der Waals surface area contributed by atoms with E-state index in [1.807, 2.05) is 61.5 Å². The maximum Gasteiger partial charge on any atom is 0.194 e. The molecule has 0 N–H and O–H groups in total. The number of aryl methyl sites for hydroxylation is 1. The van der Waals surface area contributed by atoms with Crippen LogP contribution >= 0.6 is 0 Å². The van der Waals surface area contributed by atoms with Crippen LogP contribution in [0.2, 0.25) is 0 Å². The summed E-state index contributed by atoms with van der Waals surface area (Å²) in [5, 5.41) is 1.96. The summed E-state index contributed by atoms with van der Waals surface area (Å²) in [6.45, 7) is 2.03. The average molecular weight is 350 g/mol. The molecular formula is C25H18O2. The normalized spacial score (nSPS) is 10.7. The summed E-state index contributed by atoms with van der Waals surface area (Å²) >= 11 is 0. The molecule has 0 fully saturated rings. The number of ketones is 2. The smallest absolute Gasteiger partial charge is 0.194 e. The fraction of sp³-hybridized carbons (Fsp3) is 0.0400. The average Bonchev–Trinajstić information content (AvgIpc) is 2.74. The van der Waals surface area contributed by atoms with E-state index in [1.165, 1.54) is 0 Å². The number of carbonyl (C=O) groups is 2. The van der Waals surface area contributed by atoms with Gasteiger partial charge < -0.3 is 0 Å². The Kier molecular flexibility index (Phi) is 4.39. The first-order valence-electron chi connectivity index (χ1n) is 8.88. The minimum atomic E-state index is -0.143. The van der Waals surface area contributed by atoms with Gasteiger partial charge in [-0.1, -0.05) is 91.0 Å². The van der Waals surface area contributed by atoms with Crippen molar-refractivity contribution in [1.29, 1.82) is 0 Å². The molecule has 0 aromatic heterocycles. The highest BCUT2D eigenvalue weighted by Gasteiger charge is 2.20. The molecule has 27 heavy (non-hydrogen) atoms. The summed E-state index contributed by atoms with van der Waals surface area (Å²) in [4.78, 5) is 26.3. The van der Waals surface area contributed by atoms with E-state index >= 15 is 0 Å². The number of hydrogen-bond acceptors (Lipinski definition) is 2. The van der Waals surface area contributed by atoms with Gasteiger partial charge in [0.05, 0.1) is 0 Å². The highest BCUT2D eigenvalue weighted by molar-refractivity contribution is 6.22. The van der Waals surface area contributed by atoms with Gasteiger partial charge in [0.1, 0.15) is 0 Å². The molecule has 0 heterocycles. The minimum Gasteiger partial charge on any atom is -0.289 e. The molecule has 0 aliphatic carbocycles. The van der Waals surface area contributed by atoms with E-state index in [4.69, 9.17) is 0 Å². The molecule has 0 unspecified atom stereocenters. The third-order valence-corrected chi connectivity index (χ3v) is 4.84. The van der Waals surface area contributed by atoms with Gasteiger partial charge in [0, 0.05) is 22.3 Å². The van der Waals surface area contributed by atoms with Crippen LogP contribution in [0, 0.1) is 6.92 Å². The Morgan fingerprint density at radius 3 is 1.78 bits per heavy atom. The first-order valence-corrected chi connectivity index (χ1v) is 8.88. The fourth-order valence-electron chi connectivity index (χ4n) is 3.42. The second-order valence-electron chi connectivity index (χ2n) is 6.55. The molecule has 0 amide bonds. The van der Waals surface area contributed by atoms with Crippen molar-refractivity contribution in [3.05, 3.63) is 119 Å². The molecule has 130 valence electrons. The van der Waals surface area contributed by atoms with Crippen LogP contribution in [0.5, 0.6) is 0 Å². The summed E-state index contributed by atoms with van der Waals surface area (Å²) < 4.78 is 0. The summed E-state index contributed by atoms with van der Waals surface area (Å²) in [5.74, 6) is -0.276. The third-order valence-electron chi connectivity index (χ3n) is 4.84. The molecule has 0 saturated heterocycles. The van der Waals surface area contributed by atoms with Gasteiger partial charge >= 0.3 is 0 Å². The maximum atomic E-state index is 13.4. The first-order chi connectivity index (χ1) is 13.2. The summed E-state index contributed by atoms with van der Waals surface area (Å²) in [6.07, 6.45) is 0. The second-order valence-corrected chi connectivity index (χ2v) is 6.55. The number of hydrogen-bond donors (Lipinski definition) is 0. The van der Waals surface area contributed by atoms with Crippen molar-refractivity contribution in [3.8, 4) is 0 Å². The van der Waals surface area contributed by atoms with Gasteiger partial charge in [-0.25, -0.2) is 0 Å². The van der Waals surface area contributed by atoms with Crippen LogP contribution in [0.3, 0.4) is 0 Å². The first kappa shape index (κ1) is 16.9. The van der Waals surface area contributed by atoms with Gasteiger partial charge in [0.15, 0.2) is 11.6 Å². The Morgan fingerprint density at radius 2 is 1.07 bits per heavy atom. The Labute approximate surface area is 158 Å². The lowest BCUT2D eigenvalue weighted by Gasteiger charge is -2.11. The van der Waals surface area contributed by atoms with Gasteiger partial charge in [-0.3, -0.25) is 9.59 Å². The van der Waals surface area contributed by atoms with Gasteiger partial charge in [-0.05, 0) is 23.3 Å². The number of fused-ring (bicyclic) bond motifs is 1. The molecule has 4 aromatic rings. The molecule has 4 aromatic carbocycles. The topological polar surface area (TPSA) is 34.1 Å². The van der Waals surface area contributed by atoms with Crippen molar-refractivity contribution in [3.63, 3.8) is 0 Å². The van der Waals surface area contributed by atoms with E-state index in [0.717, 1.165) is 16.3 Å².